The molecule has 3 N–H and O–H groups in total. The van der Waals surface area contributed by atoms with Gasteiger partial charge >= 0.3 is 0 Å². The Balaban J connectivity index is 2.72. The average molecular weight is 183 g/mol. The molecule has 0 bridgehead atoms. The predicted octanol–water partition coefficient (Wildman–Crippen LogP) is -1.54. The summed E-state index contributed by atoms with van der Waals surface area (Å²) in [4.78, 5) is 23.6. The Morgan fingerprint density at radius 1 is 1.62 bits per heavy atom. The molecule has 1 unspecified atom stereocenters. The van der Waals surface area contributed by atoms with Gasteiger partial charge in [0, 0.05) is 19.6 Å². The number of hydrogen-bond acceptors (Lipinski definition) is 3. The number of nitrogens with two attached hydrogens (primary N) is 1. The maximum atomic E-state index is 11.3. The number of carbonyl (C=O) groups is 2. The van der Waals surface area contributed by atoms with Gasteiger partial charge < -0.3 is 16.0 Å². The van der Waals surface area contributed by atoms with Crippen LogP contribution in [0.4, 0.5) is 0 Å². The van der Waals surface area contributed by atoms with Gasteiger partial charge in [-0.2, -0.15) is 0 Å². The SMILES string of the molecule is C=CC(=O)N1CCNCC1C(N)=O. The van der Waals surface area contributed by atoms with Gasteiger partial charge in [0.2, 0.25) is 11.8 Å². The summed E-state index contributed by atoms with van der Waals surface area (Å²) in [5.74, 6) is -0.729. The van der Waals surface area contributed by atoms with Gasteiger partial charge in [-0.3, -0.25) is 9.59 Å². The highest BCUT2D eigenvalue weighted by atomic mass is 16.2. The van der Waals surface area contributed by atoms with Crippen molar-refractivity contribution in [2.45, 2.75) is 6.04 Å². The minimum atomic E-state index is -0.542. The van der Waals surface area contributed by atoms with Gasteiger partial charge in [-0.25, -0.2) is 0 Å². The van der Waals surface area contributed by atoms with Gasteiger partial charge in [0.25, 0.3) is 0 Å². The maximum Gasteiger partial charge on any atom is 0.246 e. The summed E-state index contributed by atoms with van der Waals surface area (Å²) in [5.41, 5.74) is 5.14. The smallest absolute Gasteiger partial charge is 0.246 e. The van der Waals surface area contributed by atoms with E-state index in [4.69, 9.17) is 5.73 Å². The van der Waals surface area contributed by atoms with E-state index in [2.05, 4.69) is 11.9 Å². The number of hydrogen-bond donors (Lipinski definition) is 2. The lowest BCUT2D eigenvalue weighted by Crippen LogP contribution is -2.58. The summed E-state index contributed by atoms with van der Waals surface area (Å²) in [5, 5.41) is 3.00. The second-order valence-corrected chi connectivity index (χ2v) is 2.86. The van der Waals surface area contributed by atoms with Crippen molar-refractivity contribution in [3.05, 3.63) is 12.7 Å². The van der Waals surface area contributed by atoms with E-state index in [1.54, 1.807) is 0 Å². The van der Waals surface area contributed by atoms with E-state index in [-0.39, 0.29) is 5.91 Å². The zero-order valence-electron chi connectivity index (χ0n) is 7.32. The van der Waals surface area contributed by atoms with Gasteiger partial charge in [-0.1, -0.05) is 6.58 Å². The maximum absolute atomic E-state index is 11.3. The van der Waals surface area contributed by atoms with Crippen LogP contribution < -0.4 is 11.1 Å². The van der Waals surface area contributed by atoms with Crippen molar-refractivity contribution in [1.82, 2.24) is 10.2 Å². The minimum Gasteiger partial charge on any atom is -0.368 e. The van der Waals surface area contributed by atoms with Crippen molar-refractivity contribution >= 4 is 11.8 Å². The predicted molar refractivity (Wildman–Crippen MR) is 47.8 cm³/mol. The molecule has 13 heavy (non-hydrogen) atoms. The number of nitrogens with one attached hydrogen (secondary N) is 1. The van der Waals surface area contributed by atoms with Crippen molar-refractivity contribution in [2.75, 3.05) is 19.6 Å². The number of carbonyl (C=O) groups excluding carboxylic acids is 2. The third-order valence-electron chi connectivity index (χ3n) is 2.03. The van der Waals surface area contributed by atoms with Gasteiger partial charge in [0.1, 0.15) is 6.04 Å². The Hall–Kier alpha value is -1.36. The Labute approximate surface area is 76.6 Å². The van der Waals surface area contributed by atoms with Crippen molar-refractivity contribution in [3.8, 4) is 0 Å². The fraction of sp³-hybridized carbons (Fsp3) is 0.500. The van der Waals surface area contributed by atoms with Crippen molar-refractivity contribution < 1.29 is 9.59 Å². The van der Waals surface area contributed by atoms with E-state index in [1.807, 2.05) is 0 Å². The highest BCUT2D eigenvalue weighted by Gasteiger charge is 2.28. The van der Waals surface area contributed by atoms with Crippen LogP contribution in [0.5, 0.6) is 0 Å². The second-order valence-electron chi connectivity index (χ2n) is 2.86. The first kappa shape index (κ1) is 9.73. The Morgan fingerprint density at radius 2 is 2.31 bits per heavy atom. The molecule has 2 amide bonds. The molecule has 1 aliphatic rings. The summed E-state index contributed by atoms with van der Waals surface area (Å²) in [6.45, 7) is 4.97. The molecule has 1 aliphatic heterocycles. The normalized spacial score (nSPS) is 22.5. The lowest BCUT2D eigenvalue weighted by Gasteiger charge is -2.33. The first-order valence-electron chi connectivity index (χ1n) is 4.10. The largest absolute Gasteiger partial charge is 0.368 e. The van der Waals surface area contributed by atoms with E-state index in [1.165, 1.54) is 11.0 Å². The molecule has 1 fully saturated rings. The zero-order valence-corrected chi connectivity index (χ0v) is 7.32. The van der Waals surface area contributed by atoms with Gasteiger partial charge in [-0.05, 0) is 6.08 Å². The number of nitrogens with zero attached hydrogens (tertiary/aromatic N) is 1. The lowest BCUT2D eigenvalue weighted by atomic mass is 10.2. The first-order valence-corrected chi connectivity index (χ1v) is 4.10. The molecule has 0 spiro atoms. The topological polar surface area (TPSA) is 75.4 Å². The van der Waals surface area contributed by atoms with E-state index >= 15 is 0 Å². The third-order valence-corrected chi connectivity index (χ3v) is 2.03. The molecule has 1 heterocycles. The third kappa shape index (κ3) is 2.06. The van der Waals surface area contributed by atoms with E-state index in [0.717, 1.165) is 0 Å². The first-order chi connectivity index (χ1) is 6.16. The van der Waals surface area contributed by atoms with Crippen LogP contribution in [0.1, 0.15) is 0 Å². The molecular formula is C8H13N3O2. The molecule has 0 aliphatic carbocycles. The molecular weight excluding hydrogens is 170 g/mol. The number of rotatable bonds is 2. The van der Waals surface area contributed by atoms with Crippen LogP contribution in [0.3, 0.4) is 0 Å². The summed E-state index contributed by atoms with van der Waals surface area (Å²) >= 11 is 0. The van der Waals surface area contributed by atoms with Crippen molar-refractivity contribution in [3.63, 3.8) is 0 Å². The Bertz CT molecular complexity index is 240. The minimum absolute atomic E-state index is 0.245. The van der Waals surface area contributed by atoms with E-state index in [9.17, 15) is 9.59 Å². The van der Waals surface area contributed by atoms with Crippen LogP contribution in [0, 0.1) is 0 Å². The van der Waals surface area contributed by atoms with Crippen LogP contribution in [0.2, 0.25) is 0 Å². The molecule has 0 aromatic heterocycles. The molecule has 1 saturated heterocycles. The summed E-state index contributed by atoms with van der Waals surface area (Å²) < 4.78 is 0. The number of amides is 2. The van der Waals surface area contributed by atoms with Crippen molar-refractivity contribution in [1.29, 1.82) is 0 Å². The molecule has 0 aromatic rings. The summed E-state index contributed by atoms with van der Waals surface area (Å²) in [6.07, 6.45) is 1.20. The zero-order chi connectivity index (χ0) is 9.84. The van der Waals surface area contributed by atoms with Gasteiger partial charge in [-0.15, -0.1) is 0 Å². The van der Waals surface area contributed by atoms with Crippen LogP contribution in [0.25, 0.3) is 0 Å². The Kier molecular flexibility index (Phi) is 3.02. The van der Waals surface area contributed by atoms with Crippen LogP contribution in [0.15, 0.2) is 12.7 Å². The molecule has 5 nitrogen and oxygen atoms in total. The van der Waals surface area contributed by atoms with E-state index < -0.39 is 11.9 Å². The quantitative estimate of drug-likeness (QED) is 0.509. The standard InChI is InChI=1S/C8H13N3O2/c1-2-7(12)11-4-3-10-5-6(11)8(9)13/h2,6,10H,1,3-5H2,(H2,9,13). The summed E-state index contributed by atoms with van der Waals surface area (Å²) in [6, 6.07) is -0.542. The summed E-state index contributed by atoms with van der Waals surface area (Å²) in [7, 11) is 0. The van der Waals surface area contributed by atoms with Crippen molar-refractivity contribution in [2.24, 2.45) is 5.73 Å². The molecule has 0 radical (unpaired) electrons. The number of piperazine rings is 1. The molecule has 1 atom stereocenters. The van der Waals surface area contributed by atoms with Crippen LogP contribution in [-0.4, -0.2) is 42.4 Å². The molecule has 1 rings (SSSR count). The molecule has 72 valence electrons. The van der Waals surface area contributed by atoms with Crippen LogP contribution >= 0.6 is 0 Å². The van der Waals surface area contributed by atoms with Gasteiger partial charge in [0.15, 0.2) is 0 Å². The average Bonchev–Trinajstić information content (AvgIpc) is 2.16. The Morgan fingerprint density at radius 3 is 2.85 bits per heavy atom. The van der Waals surface area contributed by atoms with E-state index in [0.29, 0.717) is 19.6 Å². The second kappa shape index (κ2) is 4.04. The fourth-order valence-electron chi connectivity index (χ4n) is 1.34. The lowest BCUT2D eigenvalue weighted by molar-refractivity contribution is -0.136. The highest BCUT2D eigenvalue weighted by Crippen LogP contribution is 2.03. The monoisotopic (exact) mass is 183 g/mol. The fourth-order valence-corrected chi connectivity index (χ4v) is 1.34. The molecule has 5 heteroatoms. The molecule has 0 saturated carbocycles. The number of primary amides is 1. The van der Waals surface area contributed by atoms with Gasteiger partial charge in [0.05, 0.1) is 0 Å². The molecule has 0 aromatic carbocycles. The van der Waals surface area contributed by atoms with Crippen LogP contribution in [-0.2, 0) is 9.59 Å². The highest BCUT2D eigenvalue weighted by molar-refractivity contribution is 5.92.